The number of β-amino-alcohol motifs (C(OH)–C–C–N with tert-alkyl or cyclic N) is 1. The van der Waals surface area contributed by atoms with Gasteiger partial charge >= 0.3 is 12.0 Å². The summed E-state index contributed by atoms with van der Waals surface area (Å²) in [5, 5.41) is 24.3. The highest BCUT2D eigenvalue weighted by Gasteiger charge is 2.38. The predicted octanol–water partition coefficient (Wildman–Crippen LogP) is 0.458. The summed E-state index contributed by atoms with van der Waals surface area (Å²) in [6.07, 6.45) is -0.741. The lowest BCUT2D eigenvalue weighted by molar-refractivity contribution is -0.141. The topological polar surface area (TPSA) is 102 Å². The van der Waals surface area contributed by atoms with Crippen LogP contribution in [0, 0.1) is 0 Å². The molecule has 1 aliphatic heterocycles. The molecular weight excluding hydrogens is 274 g/mol. The standard InChI is InChI=1S/C14H19N3O4/c1-15-7-9-3-2-4-10(5-9)16-14(21)17-8-11(18)6-12(17)13(19)20/h2-5,11-12,15,18H,6-8H2,1H3,(H,16,21)(H,19,20)/t11-,12+/m1/s1. The Morgan fingerprint density at radius 2 is 2.19 bits per heavy atom. The van der Waals surface area contributed by atoms with E-state index in [9.17, 15) is 14.7 Å². The number of carbonyl (C=O) groups excluding carboxylic acids is 1. The number of nitrogens with zero attached hydrogens (tertiary/aromatic N) is 1. The molecule has 1 fully saturated rings. The zero-order chi connectivity index (χ0) is 15.4. The van der Waals surface area contributed by atoms with E-state index in [4.69, 9.17) is 5.11 Å². The van der Waals surface area contributed by atoms with Gasteiger partial charge < -0.3 is 25.7 Å². The minimum Gasteiger partial charge on any atom is -0.480 e. The van der Waals surface area contributed by atoms with Crippen LogP contribution in [-0.2, 0) is 11.3 Å². The second-order valence-electron chi connectivity index (χ2n) is 5.06. The summed E-state index contributed by atoms with van der Waals surface area (Å²) in [5.74, 6) is -1.11. The molecule has 114 valence electrons. The molecule has 1 saturated heterocycles. The van der Waals surface area contributed by atoms with Crippen molar-refractivity contribution in [3.63, 3.8) is 0 Å². The maximum absolute atomic E-state index is 12.2. The third-order valence-electron chi connectivity index (χ3n) is 3.38. The van der Waals surface area contributed by atoms with Crippen molar-refractivity contribution in [2.75, 3.05) is 18.9 Å². The van der Waals surface area contributed by atoms with Crippen LogP contribution in [0.3, 0.4) is 0 Å². The van der Waals surface area contributed by atoms with Crippen molar-refractivity contribution in [2.45, 2.75) is 25.1 Å². The van der Waals surface area contributed by atoms with E-state index in [0.29, 0.717) is 12.2 Å². The van der Waals surface area contributed by atoms with Crippen molar-refractivity contribution in [3.8, 4) is 0 Å². The number of amides is 2. The van der Waals surface area contributed by atoms with E-state index >= 15 is 0 Å². The molecule has 7 nitrogen and oxygen atoms in total. The quantitative estimate of drug-likeness (QED) is 0.646. The van der Waals surface area contributed by atoms with Crippen molar-refractivity contribution >= 4 is 17.7 Å². The highest BCUT2D eigenvalue weighted by Crippen LogP contribution is 2.20. The fourth-order valence-corrected chi connectivity index (χ4v) is 2.43. The van der Waals surface area contributed by atoms with Crippen LogP contribution >= 0.6 is 0 Å². The molecule has 0 aliphatic carbocycles. The molecule has 2 atom stereocenters. The van der Waals surface area contributed by atoms with E-state index in [2.05, 4.69) is 10.6 Å². The van der Waals surface area contributed by atoms with Crippen LogP contribution in [0.2, 0.25) is 0 Å². The first-order valence-corrected chi connectivity index (χ1v) is 6.73. The number of urea groups is 1. The fraction of sp³-hybridized carbons (Fsp3) is 0.429. The van der Waals surface area contributed by atoms with Gasteiger partial charge in [-0.15, -0.1) is 0 Å². The zero-order valence-electron chi connectivity index (χ0n) is 11.7. The SMILES string of the molecule is CNCc1cccc(NC(=O)N2C[C@H](O)C[C@H]2C(=O)O)c1. The van der Waals surface area contributed by atoms with Crippen molar-refractivity contribution in [2.24, 2.45) is 0 Å². The van der Waals surface area contributed by atoms with Gasteiger partial charge in [-0.05, 0) is 24.7 Å². The number of carboxylic acid groups (broad SMARTS) is 1. The molecule has 7 heteroatoms. The maximum atomic E-state index is 12.2. The number of aliphatic hydroxyl groups excluding tert-OH is 1. The predicted molar refractivity (Wildman–Crippen MR) is 77.0 cm³/mol. The molecular formula is C14H19N3O4. The number of nitrogens with one attached hydrogen (secondary N) is 2. The van der Waals surface area contributed by atoms with E-state index in [0.717, 1.165) is 10.5 Å². The smallest absolute Gasteiger partial charge is 0.326 e. The fourth-order valence-electron chi connectivity index (χ4n) is 2.43. The van der Waals surface area contributed by atoms with Crippen LogP contribution in [0.15, 0.2) is 24.3 Å². The first kappa shape index (κ1) is 15.3. The molecule has 1 aliphatic rings. The number of carboxylic acids is 1. The molecule has 1 aromatic rings. The number of anilines is 1. The highest BCUT2D eigenvalue weighted by atomic mass is 16.4. The molecule has 0 radical (unpaired) electrons. The van der Waals surface area contributed by atoms with Crippen molar-refractivity contribution < 1.29 is 19.8 Å². The van der Waals surface area contributed by atoms with E-state index in [1.165, 1.54) is 0 Å². The van der Waals surface area contributed by atoms with Gasteiger partial charge in [-0.25, -0.2) is 9.59 Å². The van der Waals surface area contributed by atoms with Gasteiger partial charge in [0, 0.05) is 25.2 Å². The monoisotopic (exact) mass is 293 g/mol. The number of benzene rings is 1. The summed E-state index contributed by atoms with van der Waals surface area (Å²) in [6, 6.07) is 5.79. The number of hydrogen-bond donors (Lipinski definition) is 4. The molecule has 4 N–H and O–H groups in total. The molecule has 2 amide bonds. The average Bonchev–Trinajstić information content (AvgIpc) is 2.82. The first-order chi connectivity index (χ1) is 10.0. The second kappa shape index (κ2) is 6.55. The Labute approximate surface area is 122 Å². The van der Waals surface area contributed by atoms with Gasteiger partial charge in [0.25, 0.3) is 0 Å². The number of aliphatic carboxylic acids is 1. The first-order valence-electron chi connectivity index (χ1n) is 6.73. The maximum Gasteiger partial charge on any atom is 0.326 e. The van der Waals surface area contributed by atoms with Crippen molar-refractivity contribution in [1.82, 2.24) is 10.2 Å². The minimum absolute atomic E-state index is 0.0268. The Morgan fingerprint density at radius 1 is 1.43 bits per heavy atom. The van der Waals surface area contributed by atoms with Gasteiger partial charge in [0.15, 0.2) is 0 Å². The third kappa shape index (κ3) is 3.71. The summed E-state index contributed by atoms with van der Waals surface area (Å²) >= 11 is 0. The Hall–Kier alpha value is -2.12. The Kier molecular flexibility index (Phi) is 4.77. The van der Waals surface area contributed by atoms with Gasteiger partial charge in [-0.3, -0.25) is 0 Å². The van der Waals surface area contributed by atoms with Gasteiger partial charge in [-0.1, -0.05) is 12.1 Å². The van der Waals surface area contributed by atoms with Gasteiger partial charge in [0.2, 0.25) is 0 Å². The molecule has 2 rings (SSSR count). The summed E-state index contributed by atoms with van der Waals surface area (Å²) in [4.78, 5) is 24.4. The number of rotatable bonds is 4. The normalized spacial score (nSPS) is 21.3. The van der Waals surface area contributed by atoms with Gasteiger partial charge in [0.1, 0.15) is 6.04 Å². The minimum atomic E-state index is -1.11. The van der Waals surface area contributed by atoms with Crippen LogP contribution in [0.4, 0.5) is 10.5 Å². The highest BCUT2D eigenvalue weighted by molar-refractivity contribution is 5.92. The van der Waals surface area contributed by atoms with Crippen molar-refractivity contribution in [1.29, 1.82) is 0 Å². The van der Waals surface area contributed by atoms with Gasteiger partial charge in [0.05, 0.1) is 6.10 Å². The van der Waals surface area contributed by atoms with Crippen LogP contribution in [0.25, 0.3) is 0 Å². The van der Waals surface area contributed by atoms with Gasteiger partial charge in [-0.2, -0.15) is 0 Å². The second-order valence-corrected chi connectivity index (χ2v) is 5.06. The lowest BCUT2D eigenvalue weighted by Crippen LogP contribution is -2.43. The molecule has 1 heterocycles. The molecule has 0 aromatic heterocycles. The Balaban J connectivity index is 2.07. The molecule has 0 unspecified atom stereocenters. The van der Waals surface area contributed by atoms with E-state index < -0.39 is 24.1 Å². The van der Waals surface area contributed by atoms with E-state index in [1.54, 1.807) is 6.07 Å². The zero-order valence-corrected chi connectivity index (χ0v) is 11.7. The van der Waals surface area contributed by atoms with E-state index in [1.807, 2.05) is 25.2 Å². The number of aliphatic hydroxyl groups is 1. The van der Waals surface area contributed by atoms with Crippen LogP contribution in [0.5, 0.6) is 0 Å². The molecule has 21 heavy (non-hydrogen) atoms. The summed E-state index contributed by atoms with van der Waals surface area (Å²) < 4.78 is 0. The van der Waals surface area contributed by atoms with Crippen LogP contribution in [-0.4, -0.2) is 52.9 Å². The molecule has 1 aromatic carbocycles. The van der Waals surface area contributed by atoms with E-state index in [-0.39, 0.29) is 13.0 Å². The van der Waals surface area contributed by atoms with Crippen LogP contribution in [0.1, 0.15) is 12.0 Å². The molecule has 0 bridgehead atoms. The number of likely N-dealkylation sites (tertiary alicyclic amines) is 1. The lowest BCUT2D eigenvalue weighted by atomic mass is 10.2. The molecule has 0 spiro atoms. The van der Waals surface area contributed by atoms with Crippen LogP contribution < -0.4 is 10.6 Å². The Bertz CT molecular complexity index is 535. The number of hydrogen-bond acceptors (Lipinski definition) is 4. The van der Waals surface area contributed by atoms with Crippen molar-refractivity contribution in [3.05, 3.63) is 29.8 Å². The summed E-state index contributed by atoms with van der Waals surface area (Å²) in [6.45, 7) is 0.697. The molecule has 0 saturated carbocycles. The number of carbonyl (C=O) groups is 2. The average molecular weight is 293 g/mol. The largest absolute Gasteiger partial charge is 0.480 e. The summed E-state index contributed by atoms with van der Waals surface area (Å²) in [5.41, 5.74) is 1.60. The lowest BCUT2D eigenvalue weighted by Gasteiger charge is -2.21. The summed E-state index contributed by atoms with van der Waals surface area (Å²) in [7, 11) is 1.83. The Morgan fingerprint density at radius 3 is 2.86 bits per heavy atom. The third-order valence-corrected chi connectivity index (χ3v) is 3.38.